The summed E-state index contributed by atoms with van der Waals surface area (Å²) < 4.78 is 0. The zero-order chi connectivity index (χ0) is 11.0. The summed E-state index contributed by atoms with van der Waals surface area (Å²) in [5.41, 5.74) is 1.55. The Balaban J connectivity index is 4.67. The average Bonchev–Trinajstić information content (AvgIpc) is 2.16. The van der Waals surface area contributed by atoms with E-state index in [2.05, 4.69) is 53.4 Å². The predicted molar refractivity (Wildman–Crippen MR) is 69.3 cm³/mol. The van der Waals surface area contributed by atoms with E-state index in [1.54, 1.807) is 5.57 Å². The Bertz CT molecular complexity index is 211. The Labute approximate surface area is 90.2 Å². The van der Waals surface area contributed by atoms with Gasteiger partial charge in [-0.15, -0.1) is 0 Å². The SMILES string of the molecule is B=CCC(CC)/C(=C/C=C\C)C(C)C. The zero-order valence-corrected chi connectivity index (χ0v) is 10.1. The van der Waals surface area contributed by atoms with Crippen LogP contribution in [0.15, 0.2) is 23.8 Å². The molecule has 1 heteroatoms. The second kappa shape index (κ2) is 7.79. The predicted octanol–water partition coefficient (Wildman–Crippen LogP) is 3.26. The minimum absolute atomic E-state index is 0.635. The third-order valence-electron chi connectivity index (χ3n) is 2.56. The van der Waals surface area contributed by atoms with Crippen molar-refractivity contribution in [3.63, 3.8) is 0 Å². The van der Waals surface area contributed by atoms with Crippen LogP contribution in [0.1, 0.15) is 40.5 Å². The molecule has 78 valence electrons. The van der Waals surface area contributed by atoms with Crippen molar-refractivity contribution in [3.05, 3.63) is 23.8 Å². The second-order valence-electron chi connectivity index (χ2n) is 3.98. The fourth-order valence-corrected chi connectivity index (χ4v) is 1.75. The molecule has 0 rings (SSSR count). The molecule has 0 spiro atoms. The number of hydrogen-bond acceptors (Lipinski definition) is 0. The Morgan fingerprint density at radius 1 is 1.36 bits per heavy atom. The summed E-state index contributed by atoms with van der Waals surface area (Å²) in [5, 5.41) is 0. The van der Waals surface area contributed by atoms with Crippen LogP contribution in [0, 0.1) is 11.8 Å². The summed E-state index contributed by atoms with van der Waals surface area (Å²) >= 11 is 0. The van der Waals surface area contributed by atoms with Gasteiger partial charge in [-0.25, -0.2) is 0 Å². The third kappa shape index (κ3) is 4.60. The topological polar surface area (TPSA) is 0 Å². The Morgan fingerprint density at radius 2 is 2.00 bits per heavy atom. The maximum absolute atomic E-state index is 3.83. The monoisotopic (exact) mass is 190 g/mol. The van der Waals surface area contributed by atoms with Crippen molar-refractivity contribution in [1.29, 1.82) is 0 Å². The standard InChI is InChI=1S/C13H23B/c1-5-7-8-13(11(3)4)12(6-2)9-10-14/h5,7-8,10-12,14H,6,9H2,1-4H3/b7-5-,13-8+. The van der Waals surface area contributed by atoms with E-state index in [4.69, 9.17) is 0 Å². The van der Waals surface area contributed by atoms with Gasteiger partial charge in [0, 0.05) is 0 Å². The molecule has 0 N–H and O–H groups in total. The molecular formula is C13H23B. The molecule has 0 aromatic heterocycles. The van der Waals surface area contributed by atoms with Crippen LogP contribution < -0.4 is 0 Å². The third-order valence-corrected chi connectivity index (χ3v) is 2.56. The summed E-state index contributed by atoms with van der Waals surface area (Å²) in [6.07, 6.45) is 8.79. The van der Waals surface area contributed by atoms with E-state index in [9.17, 15) is 0 Å². The molecule has 0 saturated heterocycles. The Morgan fingerprint density at radius 3 is 2.36 bits per heavy atom. The summed E-state index contributed by atoms with van der Waals surface area (Å²) in [4.78, 5) is 0. The molecule has 0 amide bonds. The van der Waals surface area contributed by atoms with Gasteiger partial charge >= 0.3 is 89.6 Å². The van der Waals surface area contributed by atoms with E-state index in [-0.39, 0.29) is 0 Å². The van der Waals surface area contributed by atoms with Crippen LogP contribution in [0.5, 0.6) is 0 Å². The van der Waals surface area contributed by atoms with Crippen LogP contribution in [0.3, 0.4) is 0 Å². The van der Waals surface area contributed by atoms with Crippen LogP contribution in [0.2, 0.25) is 0 Å². The number of allylic oxidation sites excluding steroid dienone is 4. The van der Waals surface area contributed by atoms with Gasteiger partial charge in [0.15, 0.2) is 0 Å². The van der Waals surface area contributed by atoms with Crippen molar-refractivity contribution in [2.24, 2.45) is 11.8 Å². The van der Waals surface area contributed by atoms with E-state index in [0.29, 0.717) is 11.8 Å². The fourth-order valence-electron chi connectivity index (χ4n) is 1.75. The fraction of sp³-hybridized carbons (Fsp3) is 0.615. The summed E-state index contributed by atoms with van der Waals surface area (Å²) in [6.45, 7) is 8.84. The van der Waals surface area contributed by atoms with Gasteiger partial charge in [-0.3, -0.25) is 0 Å². The summed E-state index contributed by atoms with van der Waals surface area (Å²) in [7, 11) is 3.83. The molecule has 0 nitrogen and oxygen atoms in total. The molecule has 1 atom stereocenters. The zero-order valence-electron chi connectivity index (χ0n) is 10.1. The van der Waals surface area contributed by atoms with E-state index in [1.165, 1.54) is 6.42 Å². The molecule has 0 aromatic carbocycles. The molecule has 0 aliphatic heterocycles. The van der Waals surface area contributed by atoms with Gasteiger partial charge in [-0.05, 0) is 0 Å². The van der Waals surface area contributed by atoms with Crippen molar-refractivity contribution in [2.45, 2.75) is 40.5 Å². The van der Waals surface area contributed by atoms with Crippen LogP contribution in [0.4, 0.5) is 0 Å². The molecule has 0 radical (unpaired) electrons. The molecule has 0 fully saturated rings. The van der Waals surface area contributed by atoms with E-state index in [1.807, 2.05) is 5.97 Å². The van der Waals surface area contributed by atoms with Gasteiger partial charge in [0.05, 0.1) is 0 Å². The molecular weight excluding hydrogens is 167 g/mol. The molecule has 0 heterocycles. The molecule has 0 bridgehead atoms. The Hall–Kier alpha value is -0.585. The molecule has 0 aliphatic rings. The van der Waals surface area contributed by atoms with Crippen molar-refractivity contribution >= 4 is 13.5 Å². The van der Waals surface area contributed by atoms with Crippen molar-refractivity contribution in [1.82, 2.24) is 0 Å². The van der Waals surface area contributed by atoms with Gasteiger partial charge in [-0.1, -0.05) is 0 Å². The summed E-state index contributed by atoms with van der Waals surface area (Å²) in [5.74, 6) is 3.33. The number of rotatable bonds is 6. The second-order valence-corrected chi connectivity index (χ2v) is 3.98. The first-order valence-corrected chi connectivity index (χ1v) is 5.60. The van der Waals surface area contributed by atoms with Gasteiger partial charge < -0.3 is 0 Å². The first-order chi connectivity index (χ1) is 6.67. The van der Waals surface area contributed by atoms with Crippen molar-refractivity contribution in [3.8, 4) is 0 Å². The minimum atomic E-state index is 0.635. The van der Waals surface area contributed by atoms with Gasteiger partial charge in [-0.2, -0.15) is 0 Å². The Kier molecular flexibility index (Phi) is 7.46. The normalized spacial score (nSPS) is 15.0. The quantitative estimate of drug-likeness (QED) is 0.445. The molecule has 14 heavy (non-hydrogen) atoms. The van der Waals surface area contributed by atoms with Crippen LogP contribution in [-0.4, -0.2) is 13.5 Å². The van der Waals surface area contributed by atoms with E-state index in [0.717, 1.165) is 6.42 Å². The average molecular weight is 190 g/mol. The summed E-state index contributed by atoms with van der Waals surface area (Å²) in [6, 6.07) is 0. The number of hydrogen-bond donors (Lipinski definition) is 0. The van der Waals surface area contributed by atoms with Crippen LogP contribution in [-0.2, 0) is 0 Å². The molecule has 1 unspecified atom stereocenters. The first kappa shape index (κ1) is 13.4. The maximum atomic E-state index is 3.83. The van der Waals surface area contributed by atoms with Gasteiger partial charge in [0.1, 0.15) is 0 Å². The molecule has 0 saturated carbocycles. The molecule has 0 aliphatic carbocycles. The van der Waals surface area contributed by atoms with Gasteiger partial charge in [0.25, 0.3) is 0 Å². The van der Waals surface area contributed by atoms with Gasteiger partial charge in [0.2, 0.25) is 0 Å². The van der Waals surface area contributed by atoms with Crippen LogP contribution in [0.25, 0.3) is 0 Å². The van der Waals surface area contributed by atoms with E-state index >= 15 is 0 Å². The molecule has 0 aromatic rings. The van der Waals surface area contributed by atoms with Crippen LogP contribution >= 0.6 is 0 Å². The van der Waals surface area contributed by atoms with Crippen molar-refractivity contribution < 1.29 is 0 Å². The van der Waals surface area contributed by atoms with E-state index < -0.39 is 0 Å². The first-order valence-electron chi connectivity index (χ1n) is 5.60. The van der Waals surface area contributed by atoms with Crippen molar-refractivity contribution in [2.75, 3.05) is 0 Å².